The second-order valence-electron chi connectivity index (χ2n) is 15.8. The molecule has 1 heterocycles. The summed E-state index contributed by atoms with van der Waals surface area (Å²) in [5.41, 5.74) is 5.98. The van der Waals surface area contributed by atoms with E-state index in [1.165, 1.54) is 38.5 Å². The van der Waals surface area contributed by atoms with Crippen molar-refractivity contribution in [2.75, 3.05) is 54.2 Å². The maximum absolute atomic E-state index is 14.2. The number of nitrogens with two attached hydrogens (primary N) is 1. The van der Waals surface area contributed by atoms with E-state index in [2.05, 4.69) is 10.6 Å². The summed E-state index contributed by atoms with van der Waals surface area (Å²) in [6.45, 7) is 13.1. The number of anilines is 1. The van der Waals surface area contributed by atoms with Crippen molar-refractivity contribution >= 4 is 45.2 Å². The van der Waals surface area contributed by atoms with Gasteiger partial charge in [0.1, 0.15) is 6.04 Å². The van der Waals surface area contributed by atoms with E-state index in [1.807, 2.05) is 65.3 Å². The molecule has 1 unspecified atom stereocenters. The van der Waals surface area contributed by atoms with Gasteiger partial charge in [-0.25, -0.2) is 13.1 Å². The van der Waals surface area contributed by atoms with Crippen LogP contribution in [0.1, 0.15) is 74.1 Å². The summed E-state index contributed by atoms with van der Waals surface area (Å²) in [6.07, 6.45) is 0.445. The molecular formula is C39H67N7O9S. The van der Waals surface area contributed by atoms with E-state index in [1.54, 1.807) is 23.8 Å². The Kier molecular flexibility index (Phi) is 18.7. The Morgan fingerprint density at radius 2 is 1.54 bits per heavy atom. The van der Waals surface area contributed by atoms with Crippen molar-refractivity contribution in [3.63, 3.8) is 0 Å². The molecule has 0 aliphatic carbocycles. The molecule has 1 saturated heterocycles. The van der Waals surface area contributed by atoms with Gasteiger partial charge in [-0.15, -0.1) is 0 Å². The van der Waals surface area contributed by atoms with Crippen molar-refractivity contribution in [2.24, 2.45) is 23.7 Å². The van der Waals surface area contributed by atoms with Gasteiger partial charge in [-0.2, -0.15) is 0 Å². The normalized spacial score (nSPS) is 18.5. The van der Waals surface area contributed by atoms with Gasteiger partial charge in [0, 0.05) is 33.5 Å². The predicted octanol–water partition coefficient (Wildman–Crippen LogP) is 1.84. The molecule has 1 fully saturated rings. The average molecular weight is 810 g/mol. The Labute approximate surface area is 334 Å². The summed E-state index contributed by atoms with van der Waals surface area (Å²) < 4.78 is 38.9. The molecule has 17 heteroatoms. The largest absolute Gasteiger partial charge is 0.399 e. The summed E-state index contributed by atoms with van der Waals surface area (Å²) in [7, 11) is 4.14. The van der Waals surface area contributed by atoms with Gasteiger partial charge in [0.2, 0.25) is 23.6 Å². The first kappa shape index (κ1) is 48.3. The van der Waals surface area contributed by atoms with Crippen LogP contribution in [0.5, 0.6) is 0 Å². The van der Waals surface area contributed by atoms with Crippen LogP contribution in [0, 0.1) is 23.7 Å². The Morgan fingerprint density at radius 1 is 0.929 bits per heavy atom. The summed E-state index contributed by atoms with van der Waals surface area (Å²) in [5, 5.41) is 5.49. The monoisotopic (exact) mass is 809 g/mol. The first-order valence-electron chi connectivity index (χ1n) is 19.4. The molecule has 1 aromatic carbocycles. The molecule has 0 radical (unpaired) electrons. The highest BCUT2D eigenvalue weighted by atomic mass is 32.2. The lowest BCUT2D eigenvalue weighted by molar-refractivity contribution is -0.148. The minimum Gasteiger partial charge on any atom is -0.399 e. The third-order valence-corrected chi connectivity index (χ3v) is 12.2. The van der Waals surface area contributed by atoms with E-state index in [4.69, 9.17) is 15.2 Å². The van der Waals surface area contributed by atoms with Crippen LogP contribution in [0.25, 0.3) is 0 Å². The molecule has 56 heavy (non-hydrogen) atoms. The van der Waals surface area contributed by atoms with E-state index in [0.717, 1.165) is 0 Å². The summed E-state index contributed by atoms with van der Waals surface area (Å²) in [4.78, 5) is 72.5. The number of carbonyl (C=O) groups is 5. The Bertz CT molecular complexity index is 1580. The third-order valence-electron chi connectivity index (χ3n) is 10.8. The molecule has 0 spiro atoms. The number of nitrogen functional groups attached to an aromatic ring is 1. The third kappa shape index (κ3) is 12.6. The zero-order chi connectivity index (χ0) is 42.7. The van der Waals surface area contributed by atoms with Gasteiger partial charge < -0.3 is 35.6 Å². The van der Waals surface area contributed by atoms with Crippen LogP contribution in [-0.4, -0.2) is 137 Å². The van der Waals surface area contributed by atoms with E-state index in [-0.39, 0.29) is 46.8 Å². The van der Waals surface area contributed by atoms with Gasteiger partial charge >= 0.3 is 0 Å². The van der Waals surface area contributed by atoms with Gasteiger partial charge in [-0.3, -0.25) is 28.9 Å². The van der Waals surface area contributed by atoms with E-state index >= 15 is 0 Å². The number of nitrogens with zero attached hydrogens (tertiary/aromatic N) is 3. The molecule has 5 amide bonds. The van der Waals surface area contributed by atoms with Crippen molar-refractivity contribution in [3.8, 4) is 0 Å². The van der Waals surface area contributed by atoms with Crippen LogP contribution in [-0.2, 0) is 43.5 Å². The lowest BCUT2D eigenvalue weighted by atomic mass is 9.89. The second kappa shape index (κ2) is 21.6. The van der Waals surface area contributed by atoms with Crippen molar-refractivity contribution in [1.29, 1.82) is 0 Å². The van der Waals surface area contributed by atoms with Gasteiger partial charge in [0.05, 0.1) is 54.1 Å². The smallest absolute Gasteiger partial charge is 0.264 e. The predicted molar refractivity (Wildman–Crippen MR) is 214 cm³/mol. The first-order valence-corrected chi connectivity index (χ1v) is 20.9. The maximum Gasteiger partial charge on any atom is 0.264 e. The SMILES string of the molecule is CC[C@H](C)[C@@H]([C@@H](CC(=O)N1CCC[C@H]1[C@H](OC)[C@@H](C)C(=O)NCC(=O)NS(=O)(=O)c1ccc(N)cc1)OC)N(C)C(=O)[C@@H](NC(=O)C(C(C)C)N(C)C)C(C)C. The number of likely N-dealkylation sites (tertiary alicyclic amines) is 1. The number of rotatable bonds is 21. The standard InChI is InChI=1S/C39H67N7O9S/c1-13-25(6)35(45(10)39(51)33(23(2)3)42-38(50)34(24(4)5)44(8)9)30(54-11)21-32(48)46-20-14-15-29(46)36(55-12)26(7)37(49)41-22-31(47)43-56(52,53)28-18-16-27(40)17-19-28/h16-19,23-26,29-30,33-36H,13-15,20-22,40H2,1-12H3,(H,41,49)(H,42,50)(H,43,47)/t25-,26+,29-,30+,33-,34?,35-,36+/m0/s1. The molecule has 1 aromatic rings. The highest BCUT2D eigenvalue weighted by molar-refractivity contribution is 7.90. The van der Waals surface area contributed by atoms with Crippen LogP contribution in [0.2, 0.25) is 0 Å². The van der Waals surface area contributed by atoms with Crippen molar-refractivity contribution in [3.05, 3.63) is 24.3 Å². The molecule has 1 aliphatic rings. The number of likely N-dealkylation sites (N-methyl/N-ethyl adjacent to an activating group) is 2. The first-order chi connectivity index (χ1) is 26.1. The number of ether oxygens (including phenoxy) is 2. The topological polar surface area (TPSA) is 210 Å². The quantitative estimate of drug-likeness (QED) is 0.132. The van der Waals surface area contributed by atoms with E-state index in [9.17, 15) is 32.4 Å². The number of sulfonamides is 1. The number of carbonyl (C=O) groups excluding carboxylic acids is 5. The lowest BCUT2D eigenvalue weighted by Gasteiger charge is -2.41. The molecule has 1 aliphatic heterocycles. The summed E-state index contributed by atoms with van der Waals surface area (Å²) >= 11 is 0. The molecule has 2 rings (SSSR count). The fourth-order valence-corrected chi connectivity index (χ4v) is 8.62. The van der Waals surface area contributed by atoms with E-state index < -0.39 is 70.7 Å². The summed E-state index contributed by atoms with van der Waals surface area (Å²) in [6, 6.07) is 3.11. The average Bonchev–Trinajstić information content (AvgIpc) is 3.61. The van der Waals surface area contributed by atoms with E-state index in [0.29, 0.717) is 31.5 Å². The minimum absolute atomic E-state index is 0.0194. The number of benzene rings is 1. The Morgan fingerprint density at radius 3 is 2.04 bits per heavy atom. The minimum atomic E-state index is -4.18. The number of hydrogen-bond donors (Lipinski definition) is 4. The highest BCUT2D eigenvalue weighted by Crippen LogP contribution is 2.29. The second-order valence-corrected chi connectivity index (χ2v) is 17.5. The van der Waals surface area contributed by atoms with Gasteiger partial charge in [-0.05, 0) is 69.0 Å². The Balaban J connectivity index is 2.20. The molecule has 5 N–H and O–H groups in total. The molecule has 0 bridgehead atoms. The number of hydrogen-bond acceptors (Lipinski definition) is 11. The van der Waals surface area contributed by atoms with Crippen LogP contribution in [0.3, 0.4) is 0 Å². The maximum atomic E-state index is 14.2. The van der Waals surface area contributed by atoms with Crippen LogP contribution in [0.15, 0.2) is 29.2 Å². The van der Waals surface area contributed by atoms with Gasteiger partial charge in [0.15, 0.2) is 0 Å². The van der Waals surface area contributed by atoms with Crippen molar-refractivity contribution < 1.29 is 41.9 Å². The van der Waals surface area contributed by atoms with Crippen molar-refractivity contribution in [1.82, 2.24) is 30.1 Å². The summed E-state index contributed by atoms with van der Waals surface area (Å²) in [5.74, 6) is -3.30. The van der Waals surface area contributed by atoms with Gasteiger partial charge in [-0.1, -0.05) is 54.9 Å². The number of nitrogens with one attached hydrogen (secondary N) is 3. The molecule has 16 nitrogen and oxygen atoms in total. The molecule has 8 atom stereocenters. The van der Waals surface area contributed by atoms with Crippen LogP contribution < -0.4 is 21.1 Å². The molecule has 0 saturated carbocycles. The number of amides is 5. The fraction of sp³-hybridized carbons (Fsp3) is 0.718. The van der Waals surface area contributed by atoms with Gasteiger partial charge in [0.25, 0.3) is 15.9 Å². The van der Waals surface area contributed by atoms with Crippen LogP contribution in [0.4, 0.5) is 5.69 Å². The highest BCUT2D eigenvalue weighted by Gasteiger charge is 2.43. The Hall–Kier alpha value is -3.80. The molecule has 318 valence electrons. The lowest BCUT2D eigenvalue weighted by Crippen LogP contribution is -2.59. The molecule has 0 aromatic heterocycles. The number of methoxy groups -OCH3 is 2. The zero-order valence-corrected chi connectivity index (χ0v) is 36.1. The van der Waals surface area contributed by atoms with Crippen LogP contribution >= 0.6 is 0 Å². The molecular weight excluding hydrogens is 743 g/mol. The van der Waals surface area contributed by atoms with Crippen molar-refractivity contribution in [2.45, 2.75) is 115 Å². The zero-order valence-electron chi connectivity index (χ0n) is 35.3. The fourth-order valence-electron chi connectivity index (χ4n) is 7.63.